The van der Waals surface area contributed by atoms with Gasteiger partial charge in [0.15, 0.2) is 0 Å². The van der Waals surface area contributed by atoms with Gasteiger partial charge in [-0.2, -0.15) is 5.26 Å². The highest BCUT2D eigenvalue weighted by atomic mass is 16.3. The van der Waals surface area contributed by atoms with Crippen molar-refractivity contribution in [3.8, 4) is 6.07 Å². The van der Waals surface area contributed by atoms with Crippen LogP contribution in [0.4, 0.5) is 0 Å². The summed E-state index contributed by atoms with van der Waals surface area (Å²) < 4.78 is 0. The highest BCUT2D eigenvalue weighted by Crippen LogP contribution is 2.21. The molecule has 2 heteroatoms. The molecule has 50 valence electrons. The van der Waals surface area contributed by atoms with Gasteiger partial charge in [0.25, 0.3) is 0 Å². The predicted molar refractivity (Wildman–Crippen MR) is 35.8 cm³/mol. The second kappa shape index (κ2) is 2.54. The van der Waals surface area contributed by atoms with Crippen molar-refractivity contribution in [3.63, 3.8) is 0 Å². The van der Waals surface area contributed by atoms with Gasteiger partial charge in [0.2, 0.25) is 0 Å². The van der Waals surface area contributed by atoms with Crippen LogP contribution in [-0.2, 0) is 0 Å². The molecular formula is C7H11NO. The molecule has 0 atom stereocenters. The van der Waals surface area contributed by atoms with E-state index in [-0.39, 0.29) is 11.2 Å². The molecule has 0 unspecified atom stereocenters. The van der Waals surface area contributed by atoms with Crippen molar-refractivity contribution in [2.45, 2.75) is 20.8 Å². The van der Waals surface area contributed by atoms with Gasteiger partial charge in [-0.25, -0.2) is 0 Å². The molecule has 0 aliphatic heterocycles. The van der Waals surface area contributed by atoms with Gasteiger partial charge in [0, 0.05) is 5.41 Å². The number of rotatable bonds is 0. The lowest BCUT2D eigenvalue weighted by Gasteiger charge is -2.15. The predicted octanol–water partition coefficient (Wildman–Crippen LogP) is 2.00. The van der Waals surface area contributed by atoms with Crippen LogP contribution in [0.5, 0.6) is 0 Å². The molecule has 0 rings (SSSR count). The minimum absolute atomic E-state index is 0.130. The van der Waals surface area contributed by atoms with Gasteiger partial charge < -0.3 is 5.11 Å². The van der Waals surface area contributed by atoms with Gasteiger partial charge >= 0.3 is 0 Å². The Morgan fingerprint density at radius 3 is 2.11 bits per heavy atom. The maximum absolute atomic E-state index is 9.02. The number of nitrogens with zero attached hydrogens (tertiary/aromatic N) is 1. The standard InChI is InChI=1S/C7H11NO/c1-7(2,3)6(9)4-5-8/h4,9H,1-3H3/b6-4+. The number of allylic oxidation sites excluding steroid dienone is 2. The van der Waals surface area contributed by atoms with Crippen molar-refractivity contribution >= 4 is 0 Å². The minimum atomic E-state index is -0.296. The van der Waals surface area contributed by atoms with Crippen LogP contribution in [0.1, 0.15) is 20.8 Å². The first-order valence-electron chi connectivity index (χ1n) is 2.77. The van der Waals surface area contributed by atoms with Crippen LogP contribution in [-0.4, -0.2) is 5.11 Å². The Kier molecular flexibility index (Phi) is 2.27. The van der Waals surface area contributed by atoms with E-state index in [9.17, 15) is 0 Å². The molecular weight excluding hydrogens is 114 g/mol. The third-order valence-corrected chi connectivity index (χ3v) is 0.970. The second-order valence-corrected chi connectivity index (χ2v) is 2.91. The van der Waals surface area contributed by atoms with E-state index in [0.717, 1.165) is 6.08 Å². The van der Waals surface area contributed by atoms with E-state index >= 15 is 0 Å². The van der Waals surface area contributed by atoms with E-state index in [0.29, 0.717) is 0 Å². The zero-order valence-electron chi connectivity index (χ0n) is 5.97. The lowest BCUT2D eigenvalue weighted by Crippen LogP contribution is -2.07. The molecule has 1 N–H and O–H groups in total. The zero-order chi connectivity index (χ0) is 7.49. The molecule has 2 nitrogen and oxygen atoms in total. The molecule has 0 aliphatic carbocycles. The number of hydrogen-bond donors (Lipinski definition) is 1. The highest BCUT2D eigenvalue weighted by Gasteiger charge is 2.14. The Labute approximate surface area is 55.4 Å². The topological polar surface area (TPSA) is 44.0 Å². The first kappa shape index (κ1) is 8.03. The van der Waals surface area contributed by atoms with Gasteiger partial charge in [0.05, 0.1) is 12.1 Å². The molecule has 0 aromatic heterocycles. The van der Waals surface area contributed by atoms with Crippen molar-refractivity contribution in [1.82, 2.24) is 0 Å². The second-order valence-electron chi connectivity index (χ2n) is 2.91. The Bertz CT molecular complexity index is 157. The molecule has 0 bridgehead atoms. The van der Waals surface area contributed by atoms with Gasteiger partial charge in [-0.15, -0.1) is 0 Å². The zero-order valence-corrected chi connectivity index (χ0v) is 5.97. The Hall–Kier alpha value is -0.970. The third kappa shape index (κ3) is 2.76. The molecule has 0 fully saturated rings. The largest absolute Gasteiger partial charge is 0.511 e. The molecule has 0 saturated heterocycles. The van der Waals surface area contributed by atoms with Crippen LogP contribution in [0.15, 0.2) is 11.8 Å². The fourth-order valence-electron chi connectivity index (χ4n) is 0.278. The smallest absolute Gasteiger partial charge is 0.108 e. The van der Waals surface area contributed by atoms with Crippen molar-refractivity contribution in [1.29, 1.82) is 5.26 Å². The fourth-order valence-corrected chi connectivity index (χ4v) is 0.278. The molecule has 0 heterocycles. The van der Waals surface area contributed by atoms with Crippen molar-refractivity contribution in [2.75, 3.05) is 0 Å². The molecule has 0 amide bonds. The average molecular weight is 125 g/mol. The summed E-state index contributed by atoms with van der Waals surface area (Å²) in [5.41, 5.74) is -0.296. The number of nitriles is 1. The summed E-state index contributed by atoms with van der Waals surface area (Å²) in [7, 11) is 0. The average Bonchev–Trinajstić information content (AvgIpc) is 1.64. The number of hydrogen-bond acceptors (Lipinski definition) is 2. The normalized spacial score (nSPS) is 12.9. The van der Waals surface area contributed by atoms with Crippen LogP contribution in [0.2, 0.25) is 0 Å². The summed E-state index contributed by atoms with van der Waals surface area (Å²) >= 11 is 0. The summed E-state index contributed by atoms with van der Waals surface area (Å²) in [5, 5.41) is 17.1. The van der Waals surface area contributed by atoms with Crippen LogP contribution < -0.4 is 0 Å². The van der Waals surface area contributed by atoms with Crippen LogP contribution in [0.3, 0.4) is 0 Å². The Morgan fingerprint density at radius 2 is 2.00 bits per heavy atom. The van der Waals surface area contributed by atoms with Gasteiger partial charge in [-0.05, 0) is 0 Å². The minimum Gasteiger partial charge on any atom is -0.511 e. The summed E-state index contributed by atoms with van der Waals surface area (Å²) in [5.74, 6) is 0.130. The van der Waals surface area contributed by atoms with Gasteiger partial charge in [0.1, 0.15) is 5.76 Å². The van der Waals surface area contributed by atoms with Gasteiger partial charge in [-0.3, -0.25) is 0 Å². The summed E-state index contributed by atoms with van der Waals surface area (Å²) in [6.07, 6.45) is 1.15. The maximum atomic E-state index is 9.02. The maximum Gasteiger partial charge on any atom is 0.108 e. The monoisotopic (exact) mass is 125 g/mol. The van der Waals surface area contributed by atoms with Crippen LogP contribution >= 0.6 is 0 Å². The molecule has 0 spiro atoms. The first-order chi connectivity index (χ1) is 3.98. The quantitative estimate of drug-likeness (QED) is 0.397. The van der Waals surface area contributed by atoms with E-state index in [4.69, 9.17) is 10.4 Å². The molecule has 0 radical (unpaired) electrons. The highest BCUT2D eigenvalue weighted by molar-refractivity contribution is 5.11. The van der Waals surface area contributed by atoms with E-state index in [1.54, 1.807) is 6.07 Å². The Balaban J connectivity index is 4.25. The van der Waals surface area contributed by atoms with Crippen LogP contribution in [0.25, 0.3) is 0 Å². The molecule has 0 aromatic carbocycles. The van der Waals surface area contributed by atoms with Crippen LogP contribution in [0, 0.1) is 16.7 Å². The van der Waals surface area contributed by atoms with Crippen molar-refractivity contribution in [2.24, 2.45) is 5.41 Å². The summed E-state index contributed by atoms with van der Waals surface area (Å²) in [4.78, 5) is 0. The van der Waals surface area contributed by atoms with E-state index in [1.807, 2.05) is 20.8 Å². The summed E-state index contributed by atoms with van der Waals surface area (Å²) in [6.45, 7) is 5.53. The Morgan fingerprint density at radius 1 is 1.56 bits per heavy atom. The van der Waals surface area contributed by atoms with Crippen molar-refractivity contribution in [3.05, 3.63) is 11.8 Å². The van der Waals surface area contributed by atoms with E-state index in [2.05, 4.69) is 0 Å². The van der Waals surface area contributed by atoms with E-state index in [1.165, 1.54) is 0 Å². The fraction of sp³-hybridized carbons (Fsp3) is 0.571. The lowest BCUT2D eigenvalue weighted by atomic mass is 9.94. The van der Waals surface area contributed by atoms with Gasteiger partial charge in [-0.1, -0.05) is 20.8 Å². The number of aliphatic hydroxyl groups excluding tert-OH is 1. The van der Waals surface area contributed by atoms with Crippen molar-refractivity contribution < 1.29 is 5.11 Å². The SMILES string of the molecule is CC(C)(C)/C(O)=C\C#N. The first-order valence-corrected chi connectivity index (χ1v) is 2.77. The lowest BCUT2D eigenvalue weighted by molar-refractivity contribution is 0.278. The molecule has 0 aliphatic rings. The number of aliphatic hydroxyl groups is 1. The molecule has 0 aromatic rings. The molecule has 9 heavy (non-hydrogen) atoms. The summed E-state index contributed by atoms with van der Waals surface area (Å²) in [6, 6.07) is 1.76. The molecule has 0 saturated carbocycles. The van der Waals surface area contributed by atoms with E-state index < -0.39 is 0 Å². The third-order valence-electron chi connectivity index (χ3n) is 0.970.